The quantitative estimate of drug-likeness (QED) is 0.522. The van der Waals surface area contributed by atoms with Gasteiger partial charge in [-0.3, -0.25) is 4.98 Å². The Morgan fingerprint density at radius 2 is 1.83 bits per heavy atom. The van der Waals surface area contributed by atoms with E-state index < -0.39 is 17.7 Å². The molecule has 0 atom stereocenters. The van der Waals surface area contributed by atoms with Crippen molar-refractivity contribution < 1.29 is 19.1 Å². The number of nitrogens with one attached hydrogen (secondary N) is 1. The molecule has 6 heteroatoms. The Morgan fingerprint density at radius 3 is 2.52 bits per heavy atom. The molecule has 1 aromatic carbocycles. The maximum absolute atomic E-state index is 11.9. The van der Waals surface area contributed by atoms with Crippen LogP contribution >= 0.6 is 0 Å². The molecule has 0 radical (unpaired) electrons. The summed E-state index contributed by atoms with van der Waals surface area (Å²) in [6.07, 6.45) is 3.02. The predicted molar refractivity (Wildman–Crippen MR) is 84.4 cm³/mol. The Labute approximate surface area is 133 Å². The predicted octanol–water partition coefficient (Wildman–Crippen LogP) is 2.68. The van der Waals surface area contributed by atoms with Crippen molar-refractivity contribution in [2.45, 2.75) is 26.6 Å². The molecule has 0 bridgehead atoms. The van der Waals surface area contributed by atoms with Gasteiger partial charge < -0.3 is 14.8 Å². The van der Waals surface area contributed by atoms with Crippen molar-refractivity contribution in [1.82, 2.24) is 4.98 Å². The lowest BCUT2D eigenvalue weighted by Gasteiger charge is -2.29. The summed E-state index contributed by atoms with van der Waals surface area (Å²) in [6, 6.07) is 7.55. The minimum absolute atomic E-state index is 0.179. The molecular weight excluding hydrogens is 296 g/mol. The Morgan fingerprint density at radius 1 is 1.13 bits per heavy atom. The van der Waals surface area contributed by atoms with Gasteiger partial charge in [0.25, 0.3) is 5.79 Å². The van der Waals surface area contributed by atoms with E-state index in [0.29, 0.717) is 5.69 Å². The maximum Gasteiger partial charge on any atom is 0.350 e. The Kier molecular flexibility index (Phi) is 3.52. The second-order valence-electron chi connectivity index (χ2n) is 5.74. The van der Waals surface area contributed by atoms with Gasteiger partial charge in [-0.2, -0.15) is 0 Å². The lowest BCUT2D eigenvalue weighted by molar-refractivity contribution is -0.222. The van der Waals surface area contributed by atoms with Crippen LogP contribution in [-0.4, -0.2) is 22.7 Å². The molecule has 0 spiro atoms. The van der Waals surface area contributed by atoms with Gasteiger partial charge in [0.1, 0.15) is 0 Å². The van der Waals surface area contributed by atoms with Crippen molar-refractivity contribution in [1.29, 1.82) is 0 Å². The smallest absolute Gasteiger partial charge is 0.350 e. The van der Waals surface area contributed by atoms with Crippen LogP contribution in [0.5, 0.6) is 0 Å². The lowest BCUT2D eigenvalue weighted by atomic mass is 10.1. The van der Waals surface area contributed by atoms with E-state index in [1.807, 2.05) is 31.2 Å². The molecule has 0 unspecified atom stereocenters. The molecule has 6 nitrogen and oxygen atoms in total. The summed E-state index contributed by atoms with van der Waals surface area (Å²) in [5.41, 5.74) is 2.47. The van der Waals surface area contributed by atoms with E-state index in [1.54, 1.807) is 6.20 Å². The van der Waals surface area contributed by atoms with Gasteiger partial charge in [0, 0.05) is 37.3 Å². The number of fused-ring (bicyclic) bond motifs is 1. The van der Waals surface area contributed by atoms with Gasteiger partial charge in [-0.1, -0.05) is 6.07 Å². The monoisotopic (exact) mass is 312 g/mol. The lowest BCUT2D eigenvalue weighted by Crippen LogP contribution is -2.42. The SMILES string of the molecule is Cc1ccnc2cc(NC=C3C(=O)OC(C)(C)OC3=O)ccc12. The Hall–Kier alpha value is -2.89. The molecule has 118 valence electrons. The first-order chi connectivity index (χ1) is 10.9. The number of benzene rings is 1. The third-order valence-corrected chi connectivity index (χ3v) is 3.46. The minimum Gasteiger partial charge on any atom is -0.419 e. The van der Waals surface area contributed by atoms with E-state index in [1.165, 1.54) is 20.0 Å². The summed E-state index contributed by atoms with van der Waals surface area (Å²) in [6.45, 7) is 5.02. The summed E-state index contributed by atoms with van der Waals surface area (Å²) in [5, 5.41) is 3.96. The number of rotatable bonds is 2. The number of hydrogen-bond donors (Lipinski definition) is 1. The molecule has 1 aliphatic rings. The van der Waals surface area contributed by atoms with E-state index in [4.69, 9.17) is 9.47 Å². The second kappa shape index (κ2) is 5.39. The Bertz CT molecular complexity index is 818. The van der Waals surface area contributed by atoms with Crippen LogP contribution in [0.1, 0.15) is 19.4 Å². The van der Waals surface area contributed by atoms with Crippen molar-refractivity contribution in [2.75, 3.05) is 5.32 Å². The van der Waals surface area contributed by atoms with Crippen LogP contribution in [0.2, 0.25) is 0 Å². The number of hydrogen-bond acceptors (Lipinski definition) is 6. The van der Waals surface area contributed by atoms with Crippen LogP contribution < -0.4 is 5.32 Å². The molecule has 0 amide bonds. The normalized spacial score (nSPS) is 16.7. The number of anilines is 1. The molecule has 0 saturated carbocycles. The van der Waals surface area contributed by atoms with Gasteiger partial charge in [0.15, 0.2) is 5.57 Å². The first-order valence-corrected chi connectivity index (χ1v) is 7.14. The van der Waals surface area contributed by atoms with Gasteiger partial charge in [0.05, 0.1) is 5.52 Å². The van der Waals surface area contributed by atoms with E-state index in [9.17, 15) is 9.59 Å². The van der Waals surface area contributed by atoms with Crippen molar-refractivity contribution in [3.8, 4) is 0 Å². The number of carbonyl (C=O) groups excluding carboxylic acids is 2. The van der Waals surface area contributed by atoms with Crippen molar-refractivity contribution >= 4 is 28.5 Å². The number of aryl methyl sites for hydroxylation is 1. The van der Waals surface area contributed by atoms with Gasteiger partial charge in [-0.15, -0.1) is 0 Å². The third-order valence-electron chi connectivity index (χ3n) is 3.46. The number of ether oxygens (including phenoxy) is 2. The highest BCUT2D eigenvalue weighted by atomic mass is 16.7. The van der Waals surface area contributed by atoms with Crippen LogP contribution in [0.15, 0.2) is 42.2 Å². The first-order valence-electron chi connectivity index (χ1n) is 7.14. The number of nitrogens with zero attached hydrogens (tertiary/aromatic N) is 1. The van der Waals surface area contributed by atoms with E-state index in [-0.39, 0.29) is 5.57 Å². The summed E-state index contributed by atoms with van der Waals surface area (Å²) in [4.78, 5) is 28.0. The zero-order chi connectivity index (χ0) is 16.6. The van der Waals surface area contributed by atoms with Crippen LogP contribution in [0.3, 0.4) is 0 Å². The molecule has 1 fully saturated rings. The highest BCUT2D eigenvalue weighted by Crippen LogP contribution is 2.24. The summed E-state index contributed by atoms with van der Waals surface area (Å²) in [7, 11) is 0. The molecule has 1 aromatic heterocycles. The third kappa shape index (κ3) is 3.01. The molecule has 1 N–H and O–H groups in total. The fraction of sp³-hybridized carbons (Fsp3) is 0.235. The molecule has 3 rings (SSSR count). The van der Waals surface area contributed by atoms with E-state index >= 15 is 0 Å². The van der Waals surface area contributed by atoms with Crippen LogP contribution in [0, 0.1) is 6.92 Å². The summed E-state index contributed by atoms with van der Waals surface area (Å²) < 4.78 is 10.1. The van der Waals surface area contributed by atoms with E-state index in [2.05, 4.69) is 10.3 Å². The van der Waals surface area contributed by atoms with Gasteiger partial charge in [-0.25, -0.2) is 9.59 Å². The zero-order valence-corrected chi connectivity index (χ0v) is 13.0. The molecule has 2 heterocycles. The standard InChI is InChI=1S/C17H16N2O4/c1-10-6-7-18-14-8-11(4-5-12(10)14)19-9-13-15(20)22-17(2,3)23-16(13)21/h4-9,19H,1-3H3. The Balaban J connectivity index is 1.85. The fourth-order valence-corrected chi connectivity index (χ4v) is 2.31. The minimum atomic E-state index is -1.24. The number of carbonyl (C=O) groups is 2. The summed E-state index contributed by atoms with van der Waals surface area (Å²) >= 11 is 0. The van der Waals surface area contributed by atoms with Crippen LogP contribution in [0.4, 0.5) is 5.69 Å². The molecule has 2 aromatic rings. The highest BCUT2D eigenvalue weighted by molar-refractivity contribution is 6.15. The van der Waals surface area contributed by atoms with Crippen LogP contribution in [-0.2, 0) is 19.1 Å². The van der Waals surface area contributed by atoms with Gasteiger partial charge in [0.2, 0.25) is 0 Å². The zero-order valence-electron chi connectivity index (χ0n) is 13.0. The second-order valence-corrected chi connectivity index (χ2v) is 5.74. The van der Waals surface area contributed by atoms with E-state index in [0.717, 1.165) is 16.5 Å². The average molecular weight is 312 g/mol. The molecule has 1 saturated heterocycles. The van der Waals surface area contributed by atoms with Crippen molar-refractivity contribution in [3.05, 3.63) is 47.8 Å². The number of aromatic nitrogens is 1. The molecule has 0 aliphatic carbocycles. The van der Waals surface area contributed by atoms with Crippen molar-refractivity contribution in [3.63, 3.8) is 0 Å². The van der Waals surface area contributed by atoms with Gasteiger partial charge in [-0.05, 0) is 30.7 Å². The molecular formula is C17H16N2O4. The topological polar surface area (TPSA) is 77.5 Å². The molecule has 1 aliphatic heterocycles. The largest absolute Gasteiger partial charge is 0.419 e. The first kappa shape index (κ1) is 15.0. The fourth-order valence-electron chi connectivity index (χ4n) is 2.31. The van der Waals surface area contributed by atoms with Gasteiger partial charge >= 0.3 is 11.9 Å². The number of esters is 2. The molecule has 23 heavy (non-hydrogen) atoms. The highest BCUT2D eigenvalue weighted by Gasteiger charge is 2.38. The van der Waals surface area contributed by atoms with Crippen LogP contribution in [0.25, 0.3) is 10.9 Å². The average Bonchev–Trinajstić information content (AvgIpc) is 2.45. The number of cyclic esters (lactones) is 2. The van der Waals surface area contributed by atoms with Crippen molar-refractivity contribution in [2.24, 2.45) is 0 Å². The summed E-state index contributed by atoms with van der Waals surface area (Å²) in [5.74, 6) is -2.67. The maximum atomic E-state index is 11.9. The number of pyridine rings is 1.